The second kappa shape index (κ2) is 7.15. The molecule has 0 bridgehead atoms. The smallest absolute Gasteiger partial charge is 0.257 e. The van der Waals surface area contributed by atoms with Crippen molar-refractivity contribution in [1.29, 1.82) is 0 Å². The summed E-state index contributed by atoms with van der Waals surface area (Å²) in [6.07, 6.45) is 5.03. The van der Waals surface area contributed by atoms with E-state index >= 15 is 0 Å². The molecule has 2 fully saturated rings. The van der Waals surface area contributed by atoms with Gasteiger partial charge in [-0.2, -0.15) is 5.10 Å². The Morgan fingerprint density at radius 3 is 2.60 bits per heavy atom. The molecule has 0 radical (unpaired) electrons. The molecule has 1 amide bonds. The molecule has 3 heterocycles. The Balaban J connectivity index is 1.41. The van der Waals surface area contributed by atoms with Gasteiger partial charge in [-0.15, -0.1) is 0 Å². The van der Waals surface area contributed by atoms with E-state index in [0.29, 0.717) is 42.8 Å². The number of ether oxygens (including phenoxy) is 2. The van der Waals surface area contributed by atoms with Crippen molar-refractivity contribution in [2.75, 3.05) is 26.3 Å². The SMILES string of the molecule is O=C(c1cnn(-c2ccccc2Cl)c1)N1CCC(C2OCCO2)CC1. The number of likely N-dealkylation sites (tertiary alicyclic amines) is 1. The second-order valence-corrected chi connectivity index (χ2v) is 6.77. The van der Waals surface area contributed by atoms with Crippen LogP contribution in [0.5, 0.6) is 0 Å². The number of nitrogens with zero attached hydrogens (tertiary/aromatic N) is 3. The molecular weight excluding hydrogens is 342 g/mol. The number of carbonyl (C=O) groups excluding carboxylic acids is 1. The first kappa shape index (κ1) is 16.6. The minimum atomic E-state index is -0.0970. The molecule has 7 heteroatoms. The molecule has 2 aliphatic heterocycles. The summed E-state index contributed by atoms with van der Waals surface area (Å²) in [5.74, 6) is 0.377. The average molecular weight is 362 g/mol. The Bertz CT molecular complexity index is 750. The Labute approximate surface area is 151 Å². The Morgan fingerprint density at radius 1 is 1.16 bits per heavy atom. The summed E-state index contributed by atoms with van der Waals surface area (Å²) >= 11 is 6.19. The zero-order valence-electron chi connectivity index (χ0n) is 13.8. The molecule has 0 spiro atoms. The standard InChI is InChI=1S/C18H20ClN3O3/c19-15-3-1-2-4-16(15)22-12-14(11-20-22)17(23)21-7-5-13(6-8-21)18-24-9-10-25-18/h1-4,11-13,18H,5-10H2. The maximum absolute atomic E-state index is 12.7. The number of para-hydroxylation sites is 1. The zero-order valence-corrected chi connectivity index (χ0v) is 14.6. The molecule has 2 aliphatic rings. The highest BCUT2D eigenvalue weighted by Gasteiger charge is 2.32. The van der Waals surface area contributed by atoms with Gasteiger partial charge < -0.3 is 14.4 Å². The summed E-state index contributed by atoms with van der Waals surface area (Å²) in [5.41, 5.74) is 1.34. The van der Waals surface area contributed by atoms with Gasteiger partial charge in [-0.3, -0.25) is 4.79 Å². The highest BCUT2D eigenvalue weighted by molar-refractivity contribution is 6.32. The number of piperidine rings is 1. The van der Waals surface area contributed by atoms with E-state index in [0.717, 1.165) is 18.5 Å². The van der Waals surface area contributed by atoms with Gasteiger partial charge >= 0.3 is 0 Å². The molecule has 2 saturated heterocycles. The topological polar surface area (TPSA) is 56.6 Å². The largest absolute Gasteiger partial charge is 0.350 e. The maximum atomic E-state index is 12.7. The van der Waals surface area contributed by atoms with E-state index in [1.165, 1.54) is 0 Å². The molecule has 0 saturated carbocycles. The van der Waals surface area contributed by atoms with Gasteiger partial charge in [0.1, 0.15) is 0 Å². The van der Waals surface area contributed by atoms with Crippen molar-refractivity contribution in [3.63, 3.8) is 0 Å². The molecule has 132 valence electrons. The number of hydrogen-bond donors (Lipinski definition) is 0. The summed E-state index contributed by atoms with van der Waals surface area (Å²) in [5, 5.41) is 4.88. The van der Waals surface area contributed by atoms with Crippen LogP contribution in [0.25, 0.3) is 5.69 Å². The normalized spacial score (nSPS) is 19.5. The van der Waals surface area contributed by atoms with Gasteiger partial charge in [0.2, 0.25) is 0 Å². The van der Waals surface area contributed by atoms with E-state index in [9.17, 15) is 4.79 Å². The van der Waals surface area contributed by atoms with Gasteiger partial charge in [-0.05, 0) is 25.0 Å². The van der Waals surface area contributed by atoms with Crippen LogP contribution < -0.4 is 0 Å². The average Bonchev–Trinajstić information content (AvgIpc) is 3.34. The number of amides is 1. The molecule has 2 aromatic rings. The lowest BCUT2D eigenvalue weighted by Gasteiger charge is -2.33. The molecular formula is C18H20ClN3O3. The summed E-state index contributed by atoms with van der Waals surface area (Å²) < 4.78 is 12.8. The minimum Gasteiger partial charge on any atom is -0.350 e. The summed E-state index contributed by atoms with van der Waals surface area (Å²) in [6.45, 7) is 2.77. The van der Waals surface area contributed by atoms with Crippen molar-refractivity contribution in [1.82, 2.24) is 14.7 Å². The number of benzene rings is 1. The number of rotatable bonds is 3. The van der Waals surface area contributed by atoms with Crippen LogP contribution in [0.1, 0.15) is 23.2 Å². The fraction of sp³-hybridized carbons (Fsp3) is 0.444. The van der Waals surface area contributed by atoms with E-state index in [2.05, 4.69) is 5.10 Å². The van der Waals surface area contributed by atoms with Gasteiger partial charge in [0.25, 0.3) is 5.91 Å². The van der Waals surface area contributed by atoms with Crippen LogP contribution in [0.4, 0.5) is 0 Å². The Hall–Kier alpha value is -1.89. The van der Waals surface area contributed by atoms with E-state index in [4.69, 9.17) is 21.1 Å². The van der Waals surface area contributed by atoms with Crippen LogP contribution in [0.3, 0.4) is 0 Å². The molecule has 1 aromatic heterocycles. The minimum absolute atomic E-state index is 0.00464. The third kappa shape index (κ3) is 3.42. The monoisotopic (exact) mass is 361 g/mol. The van der Waals surface area contributed by atoms with E-state index in [1.54, 1.807) is 23.1 Å². The van der Waals surface area contributed by atoms with Crippen LogP contribution in [0.15, 0.2) is 36.7 Å². The first-order chi connectivity index (χ1) is 12.2. The van der Waals surface area contributed by atoms with Gasteiger partial charge in [0, 0.05) is 25.2 Å². The van der Waals surface area contributed by atoms with Gasteiger partial charge in [0.15, 0.2) is 6.29 Å². The van der Waals surface area contributed by atoms with Crippen LogP contribution >= 0.6 is 11.6 Å². The molecule has 25 heavy (non-hydrogen) atoms. The van der Waals surface area contributed by atoms with E-state index in [1.807, 2.05) is 23.1 Å². The third-order valence-electron chi connectivity index (χ3n) is 4.79. The Kier molecular flexibility index (Phi) is 4.74. The van der Waals surface area contributed by atoms with Crippen molar-refractivity contribution in [3.05, 3.63) is 47.2 Å². The fourth-order valence-corrected chi connectivity index (χ4v) is 3.63. The van der Waals surface area contributed by atoms with Crippen molar-refractivity contribution in [3.8, 4) is 5.69 Å². The maximum Gasteiger partial charge on any atom is 0.257 e. The quantitative estimate of drug-likeness (QED) is 0.843. The van der Waals surface area contributed by atoms with Crippen molar-refractivity contribution >= 4 is 17.5 Å². The molecule has 1 aromatic carbocycles. The molecule has 0 atom stereocenters. The van der Waals surface area contributed by atoms with Crippen LogP contribution in [0.2, 0.25) is 5.02 Å². The molecule has 0 N–H and O–H groups in total. The number of hydrogen-bond acceptors (Lipinski definition) is 4. The lowest BCUT2D eigenvalue weighted by Crippen LogP contribution is -2.41. The van der Waals surface area contributed by atoms with E-state index in [-0.39, 0.29) is 12.2 Å². The summed E-state index contributed by atoms with van der Waals surface area (Å²) in [7, 11) is 0. The van der Waals surface area contributed by atoms with Crippen LogP contribution in [-0.4, -0.2) is 53.2 Å². The lowest BCUT2D eigenvalue weighted by atomic mass is 9.96. The van der Waals surface area contributed by atoms with E-state index < -0.39 is 0 Å². The van der Waals surface area contributed by atoms with Gasteiger partial charge in [0.05, 0.1) is 35.7 Å². The predicted molar refractivity (Wildman–Crippen MR) is 92.9 cm³/mol. The van der Waals surface area contributed by atoms with Crippen molar-refractivity contribution in [2.45, 2.75) is 19.1 Å². The number of halogens is 1. The number of aromatic nitrogens is 2. The first-order valence-electron chi connectivity index (χ1n) is 8.54. The molecule has 6 nitrogen and oxygen atoms in total. The number of carbonyl (C=O) groups is 1. The van der Waals surface area contributed by atoms with Crippen LogP contribution in [-0.2, 0) is 9.47 Å². The lowest BCUT2D eigenvalue weighted by molar-refractivity contribution is -0.0956. The molecule has 0 unspecified atom stereocenters. The fourth-order valence-electron chi connectivity index (χ4n) is 3.41. The predicted octanol–water partition coefficient (Wildman–Crippen LogP) is 2.75. The summed E-state index contributed by atoms with van der Waals surface area (Å²) in [4.78, 5) is 14.6. The Morgan fingerprint density at radius 2 is 1.88 bits per heavy atom. The third-order valence-corrected chi connectivity index (χ3v) is 5.11. The van der Waals surface area contributed by atoms with Gasteiger partial charge in [-0.1, -0.05) is 23.7 Å². The van der Waals surface area contributed by atoms with Gasteiger partial charge in [-0.25, -0.2) is 4.68 Å². The van der Waals surface area contributed by atoms with Crippen molar-refractivity contribution in [2.24, 2.45) is 5.92 Å². The molecule has 0 aliphatic carbocycles. The van der Waals surface area contributed by atoms with Crippen LogP contribution in [0, 0.1) is 5.92 Å². The second-order valence-electron chi connectivity index (χ2n) is 6.36. The first-order valence-corrected chi connectivity index (χ1v) is 8.92. The zero-order chi connectivity index (χ0) is 17.2. The highest BCUT2D eigenvalue weighted by atomic mass is 35.5. The summed E-state index contributed by atoms with van der Waals surface area (Å²) in [6, 6.07) is 7.43. The molecule has 4 rings (SSSR count). The van der Waals surface area contributed by atoms with Crippen molar-refractivity contribution < 1.29 is 14.3 Å². The highest BCUT2D eigenvalue weighted by Crippen LogP contribution is 2.27.